The van der Waals surface area contributed by atoms with Crippen molar-refractivity contribution in [3.8, 4) is 0 Å². The topological polar surface area (TPSA) is 43.8 Å². The predicted octanol–water partition coefficient (Wildman–Crippen LogP) is 3.97. The van der Waals surface area contributed by atoms with Crippen molar-refractivity contribution in [2.75, 3.05) is 44.7 Å². The van der Waals surface area contributed by atoms with E-state index >= 15 is 0 Å². The molecule has 0 bridgehead atoms. The van der Waals surface area contributed by atoms with Crippen molar-refractivity contribution >= 4 is 58.6 Å². The molecule has 1 saturated heterocycles. The third kappa shape index (κ3) is 5.96. The van der Waals surface area contributed by atoms with Crippen LogP contribution in [0.15, 0.2) is 29.4 Å². The van der Waals surface area contributed by atoms with Crippen LogP contribution in [0.25, 0.3) is 0 Å². The maximum atomic E-state index is 6.18. The monoisotopic (exact) mass is 519 g/mol. The normalized spacial score (nSPS) is 14.9. The van der Waals surface area contributed by atoms with Crippen LogP contribution in [-0.2, 0) is 6.42 Å². The number of aryl methyl sites for hydroxylation is 2. The van der Waals surface area contributed by atoms with Gasteiger partial charge in [-0.25, -0.2) is 4.98 Å². The van der Waals surface area contributed by atoms with Crippen molar-refractivity contribution in [2.24, 2.45) is 4.99 Å². The largest absolute Gasteiger partial charge is 0.368 e. The molecule has 0 radical (unpaired) electrons. The van der Waals surface area contributed by atoms with Crippen LogP contribution in [0, 0.1) is 13.8 Å². The highest BCUT2D eigenvalue weighted by Gasteiger charge is 2.20. The van der Waals surface area contributed by atoms with Gasteiger partial charge >= 0.3 is 0 Å². The molecular formula is C19H27ClIN5S. The number of hydrogen-bond acceptors (Lipinski definition) is 4. The molecular weight excluding hydrogens is 493 g/mol. The van der Waals surface area contributed by atoms with Gasteiger partial charge in [-0.05, 0) is 31.5 Å². The van der Waals surface area contributed by atoms with Gasteiger partial charge in [0, 0.05) is 68.0 Å². The number of nitrogens with zero attached hydrogens (tertiary/aromatic N) is 4. The number of piperazine rings is 1. The predicted molar refractivity (Wildman–Crippen MR) is 127 cm³/mol. The van der Waals surface area contributed by atoms with Gasteiger partial charge in [-0.3, -0.25) is 4.99 Å². The van der Waals surface area contributed by atoms with Crippen LogP contribution >= 0.6 is 46.9 Å². The van der Waals surface area contributed by atoms with E-state index in [2.05, 4.69) is 51.1 Å². The van der Waals surface area contributed by atoms with Gasteiger partial charge < -0.3 is 15.1 Å². The van der Waals surface area contributed by atoms with E-state index in [9.17, 15) is 0 Å². The fraction of sp³-hybridized carbons (Fsp3) is 0.474. The minimum absolute atomic E-state index is 0. The number of anilines is 1. The summed E-state index contributed by atoms with van der Waals surface area (Å²) < 4.78 is 0. The number of thiazole rings is 1. The maximum absolute atomic E-state index is 6.18. The molecule has 1 N–H and O–H groups in total. The molecule has 2 heterocycles. The van der Waals surface area contributed by atoms with E-state index in [1.807, 2.05) is 19.3 Å². The van der Waals surface area contributed by atoms with Crippen molar-refractivity contribution in [2.45, 2.75) is 20.3 Å². The molecule has 1 aliphatic heterocycles. The standard InChI is InChI=1S/C19H26ClN5S.HI/c1-14-4-5-16(20)12-17(14)24-8-10-25(11-9-24)19(21-3)22-7-6-18-23-13-15(2)26-18;/h4-5,12-13H,6-11H2,1-3H3,(H,21,22);1H. The van der Waals surface area contributed by atoms with Gasteiger partial charge in [0.15, 0.2) is 5.96 Å². The van der Waals surface area contributed by atoms with Crippen LogP contribution in [0.5, 0.6) is 0 Å². The van der Waals surface area contributed by atoms with Crippen LogP contribution in [-0.4, -0.2) is 55.6 Å². The first kappa shape index (κ1) is 22.2. The number of guanidine groups is 1. The lowest BCUT2D eigenvalue weighted by Crippen LogP contribution is -2.53. The number of hydrogen-bond donors (Lipinski definition) is 1. The van der Waals surface area contributed by atoms with E-state index in [-0.39, 0.29) is 24.0 Å². The summed E-state index contributed by atoms with van der Waals surface area (Å²) in [4.78, 5) is 14.9. The molecule has 1 aromatic carbocycles. The number of rotatable bonds is 4. The molecule has 1 aromatic heterocycles. The first-order valence-corrected chi connectivity index (χ1v) is 10.1. The van der Waals surface area contributed by atoms with Gasteiger partial charge in [0.25, 0.3) is 0 Å². The minimum Gasteiger partial charge on any atom is -0.368 e. The lowest BCUT2D eigenvalue weighted by atomic mass is 10.1. The Morgan fingerprint density at radius 1 is 1.26 bits per heavy atom. The van der Waals surface area contributed by atoms with Gasteiger partial charge in [0.1, 0.15) is 0 Å². The number of benzene rings is 1. The molecule has 0 amide bonds. The number of nitrogens with one attached hydrogen (secondary N) is 1. The third-order valence-electron chi connectivity index (χ3n) is 4.59. The average molecular weight is 520 g/mol. The Bertz CT molecular complexity index is 771. The summed E-state index contributed by atoms with van der Waals surface area (Å²) in [5.74, 6) is 0.973. The SMILES string of the molecule is CN=C(NCCc1ncc(C)s1)N1CCN(c2cc(Cl)ccc2C)CC1.I. The molecule has 8 heteroatoms. The number of aliphatic imine (C=N–C) groups is 1. The third-order valence-corrected chi connectivity index (χ3v) is 5.80. The smallest absolute Gasteiger partial charge is 0.193 e. The van der Waals surface area contributed by atoms with Crippen LogP contribution in [0.3, 0.4) is 0 Å². The van der Waals surface area contributed by atoms with E-state index in [1.165, 1.54) is 21.1 Å². The molecule has 1 fully saturated rings. The molecule has 3 rings (SSSR count). The molecule has 0 saturated carbocycles. The van der Waals surface area contributed by atoms with Gasteiger partial charge in [0.05, 0.1) is 5.01 Å². The fourth-order valence-corrected chi connectivity index (χ4v) is 4.17. The molecule has 27 heavy (non-hydrogen) atoms. The summed E-state index contributed by atoms with van der Waals surface area (Å²) in [6, 6.07) is 6.10. The zero-order valence-electron chi connectivity index (χ0n) is 16.0. The highest BCUT2D eigenvalue weighted by molar-refractivity contribution is 14.0. The van der Waals surface area contributed by atoms with Gasteiger partial charge in [-0.1, -0.05) is 17.7 Å². The zero-order chi connectivity index (χ0) is 18.5. The number of aromatic nitrogens is 1. The Hall–Kier alpha value is -1.06. The van der Waals surface area contributed by atoms with Crippen molar-refractivity contribution in [1.29, 1.82) is 0 Å². The van der Waals surface area contributed by atoms with Crippen LogP contribution in [0.2, 0.25) is 5.02 Å². The second-order valence-electron chi connectivity index (χ2n) is 6.49. The fourth-order valence-electron chi connectivity index (χ4n) is 3.21. The summed E-state index contributed by atoms with van der Waals surface area (Å²) in [5.41, 5.74) is 2.50. The van der Waals surface area contributed by atoms with E-state index < -0.39 is 0 Å². The Labute approximate surface area is 187 Å². The maximum Gasteiger partial charge on any atom is 0.193 e. The molecule has 0 unspecified atom stereocenters. The lowest BCUT2D eigenvalue weighted by Gasteiger charge is -2.38. The van der Waals surface area contributed by atoms with E-state index in [1.54, 1.807) is 11.3 Å². The van der Waals surface area contributed by atoms with Crippen molar-refractivity contribution in [3.63, 3.8) is 0 Å². The second-order valence-corrected chi connectivity index (χ2v) is 8.25. The van der Waals surface area contributed by atoms with Gasteiger partial charge in [0.2, 0.25) is 0 Å². The Kier molecular flexibility index (Phi) is 8.62. The summed E-state index contributed by atoms with van der Waals surface area (Å²) >= 11 is 7.94. The van der Waals surface area contributed by atoms with E-state index in [4.69, 9.17) is 11.6 Å². The van der Waals surface area contributed by atoms with Crippen LogP contribution in [0.1, 0.15) is 15.4 Å². The number of halogens is 2. The van der Waals surface area contributed by atoms with Crippen molar-refractivity contribution in [1.82, 2.24) is 15.2 Å². The first-order chi connectivity index (χ1) is 12.6. The molecule has 0 aliphatic carbocycles. The molecule has 0 atom stereocenters. The summed E-state index contributed by atoms with van der Waals surface area (Å²) in [7, 11) is 1.85. The molecule has 148 valence electrons. The lowest BCUT2D eigenvalue weighted by molar-refractivity contribution is 0.373. The minimum atomic E-state index is 0. The van der Waals surface area contributed by atoms with Gasteiger partial charge in [-0.15, -0.1) is 35.3 Å². The molecule has 0 spiro atoms. The van der Waals surface area contributed by atoms with Crippen LogP contribution < -0.4 is 10.2 Å². The Morgan fingerprint density at radius 2 is 2.00 bits per heavy atom. The second kappa shape index (κ2) is 10.5. The van der Waals surface area contributed by atoms with Crippen molar-refractivity contribution in [3.05, 3.63) is 44.9 Å². The Morgan fingerprint density at radius 3 is 2.63 bits per heavy atom. The molecule has 1 aliphatic rings. The van der Waals surface area contributed by atoms with E-state index in [0.29, 0.717) is 0 Å². The van der Waals surface area contributed by atoms with Crippen LogP contribution in [0.4, 0.5) is 5.69 Å². The zero-order valence-corrected chi connectivity index (χ0v) is 19.9. The quantitative estimate of drug-likeness (QED) is 0.377. The van der Waals surface area contributed by atoms with E-state index in [0.717, 1.165) is 50.1 Å². The average Bonchev–Trinajstić information content (AvgIpc) is 3.06. The van der Waals surface area contributed by atoms with Gasteiger partial charge in [-0.2, -0.15) is 0 Å². The summed E-state index contributed by atoms with van der Waals surface area (Å²) in [6.07, 6.45) is 2.87. The highest BCUT2D eigenvalue weighted by atomic mass is 127. The summed E-state index contributed by atoms with van der Waals surface area (Å²) in [6.45, 7) is 8.91. The summed E-state index contributed by atoms with van der Waals surface area (Å²) in [5, 5.41) is 5.44. The Balaban J connectivity index is 0.00000261. The first-order valence-electron chi connectivity index (χ1n) is 8.95. The molecule has 5 nitrogen and oxygen atoms in total. The highest BCUT2D eigenvalue weighted by Crippen LogP contribution is 2.25. The van der Waals surface area contributed by atoms with Crippen molar-refractivity contribution < 1.29 is 0 Å². The molecule has 2 aromatic rings.